The van der Waals surface area contributed by atoms with E-state index >= 15 is 0 Å². The lowest BCUT2D eigenvalue weighted by Gasteiger charge is -2.07. The lowest BCUT2D eigenvalue weighted by molar-refractivity contribution is 0.0503. The molecule has 23 heavy (non-hydrogen) atoms. The summed E-state index contributed by atoms with van der Waals surface area (Å²) in [6.45, 7) is 2.27. The fourth-order valence-electron chi connectivity index (χ4n) is 1.86. The van der Waals surface area contributed by atoms with Crippen molar-refractivity contribution in [3.63, 3.8) is 0 Å². The summed E-state index contributed by atoms with van der Waals surface area (Å²) in [5.41, 5.74) is 0.739. The minimum absolute atomic E-state index is 0.289. The summed E-state index contributed by atoms with van der Waals surface area (Å²) in [6.07, 6.45) is 0.748. The molecule has 0 N–H and O–H groups in total. The van der Waals surface area contributed by atoms with Crippen molar-refractivity contribution < 1.29 is 23.8 Å². The van der Waals surface area contributed by atoms with Gasteiger partial charge < -0.3 is 14.2 Å². The summed E-state index contributed by atoms with van der Waals surface area (Å²) in [5, 5.41) is 0. The predicted octanol–water partition coefficient (Wildman–Crippen LogP) is 3.48. The zero-order valence-electron chi connectivity index (χ0n) is 13.1. The maximum Gasteiger partial charge on any atom is 0.343 e. The molecule has 2 aromatic rings. The zero-order valence-corrected chi connectivity index (χ0v) is 13.1. The molecule has 0 aliphatic rings. The minimum atomic E-state index is -0.508. The summed E-state index contributed by atoms with van der Waals surface area (Å²) >= 11 is 0. The lowest BCUT2D eigenvalue weighted by Crippen LogP contribution is -2.10. The molecule has 2 rings (SSSR count). The first-order valence-corrected chi connectivity index (χ1v) is 7.27. The SMILES string of the molecule is CCCOC(=O)c1cccc(OC(=O)c2ccc(OC)cc2)c1. The van der Waals surface area contributed by atoms with Crippen LogP contribution in [0.25, 0.3) is 0 Å². The molecule has 2 aromatic carbocycles. The monoisotopic (exact) mass is 314 g/mol. The molecule has 5 heteroatoms. The number of hydrogen-bond acceptors (Lipinski definition) is 5. The average Bonchev–Trinajstić information content (AvgIpc) is 2.60. The van der Waals surface area contributed by atoms with E-state index in [9.17, 15) is 9.59 Å². The van der Waals surface area contributed by atoms with Crippen LogP contribution in [0, 0.1) is 0 Å². The maximum absolute atomic E-state index is 12.1. The highest BCUT2D eigenvalue weighted by Gasteiger charge is 2.12. The molecule has 120 valence electrons. The van der Waals surface area contributed by atoms with Crippen molar-refractivity contribution in [2.45, 2.75) is 13.3 Å². The van der Waals surface area contributed by atoms with E-state index in [0.29, 0.717) is 23.5 Å². The molecule has 5 nitrogen and oxygen atoms in total. The van der Waals surface area contributed by atoms with Crippen LogP contribution < -0.4 is 9.47 Å². The minimum Gasteiger partial charge on any atom is -0.497 e. The summed E-state index contributed by atoms with van der Waals surface area (Å²) in [6, 6.07) is 12.9. The Morgan fingerprint density at radius 2 is 1.65 bits per heavy atom. The molecular weight excluding hydrogens is 296 g/mol. The van der Waals surface area contributed by atoms with Crippen LogP contribution in [0.15, 0.2) is 48.5 Å². The van der Waals surface area contributed by atoms with Crippen LogP contribution in [0.1, 0.15) is 34.1 Å². The molecule has 0 spiro atoms. The van der Waals surface area contributed by atoms with Crippen LogP contribution in [-0.4, -0.2) is 25.7 Å². The Morgan fingerprint density at radius 1 is 0.913 bits per heavy atom. The molecule has 0 saturated heterocycles. The average molecular weight is 314 g/mol. The Labute approximate surface area is 134 Å². The smallest absolute Gasteiger partial charge is 0.343 e. The number of carbonyl (C=O) groups is 2. The van der Waals surface area contributed by atoms with E-state index in [2.05, 4.69) is 0 Å². The van der Waals surface area contributed by atoms with Gasteiger partial charge in [0.1, 0.15) is 11.5 Å². The highest BCUT2D eigenvalue weighted by molar-refractivity contribution is 5.92. The van der Waals surface area contributed by atoms with E-state index < -0.39 is 11.9 Å². The van der Waals surface area contributed by atoms with Crippen molar-refractivity contribution in [3.8, 4) is 11.5 Å². The van der Waals surface area contributed by atoms with Gasteiger partial charge in [0, 0.05) is 0 Å². The van der Waals surface area contributed by atoms with Crippen LogP contribution >= 0.6 is 0 Å². The van der Waals surface area contributed by atoms with Crippen molar-refractivity contribution in [2.24, 2.45) is 0 Å². The van der Waals surface area contributed by atoms with Gasteiger partial charge in [-0.25, -0.2) is 9.59 Å². The first-order chi connectivity index (χ1) is 11.1. The standard InChI is InChI=1S/C18H18O5/c1-3-11-22-17(19)14-5-4-6-16(12-14)23-18(20)13-7-9-15(21-2)10-8-13/h4-10,12H,3,11H2,1-2H3. The third kappa shape index (κ3) is 4.57. The number of carbonyl (C=O) groups excluding carboxylic acids is 2. The fraction of sp³-hybridized carbons (Fsp3) is 0.222. The van der Waals surface area contributed by atoms with Gasteiger partial charge in [0.05, 0.1) is 24.8 Å². The van der Waals surface area contributed by atoms with Crippen molar-refractivity contribution in [3.05, 3.63) is 59.7 Å². The molecule has 0 atom stereocenters. The number of rotatable bonds is 6. The highest BCUT2D eigenvalue weighted by atomic mass is 16.5. The van der Waals surface area contributed by atoms with E-state index in [1.54, 1.807) is 49.6 Å². The second kappa shape index (κ2) is 7.98. The van der Waals surface area contributed by atoms with Gasteiger partial charge in [-0.1, -0.05) is 13.0 Å². The maximum atomic E-state index is 12.1. The largest absolute Gasteiger partial charge is 0.497 e. The first-order valence-electron chi connectivity index (χ1n) is 7.27. The number of hydrogen-bond donors (Lipinski definition) is 0. The number of ether oxygens (including phenoxy) is 3. The predicted molar refractivity (Wildman–Crippen MR) is 85.0 cm³/mol. The Balaban J connectivity index is 2.07. The van der Waals surface area contributed by atoms with Gasteiger partial charge in [-0.2, -0.15) is 0 Å². The molecule has 0 heterocycles. The molecule has 0 amide bonds. The van der Waals surface area contributed by atoms with Crippen molar-refractivity contribution >= 4 is 11.9 Å². The summed E-state index contributed by atoms with van der Waals surface area (Å²) in [4.78, 5) is 23.9. The quantitative estimate of drug-likeness (QED) is 0.603. The van der Waals surface area contributed by atoms with Crippen molar-refractivity contribution in [1.82, 2.24) is 0 Å². The van der Waals surface area contributed by atoms with Gasteiger partial charge in [-0.05, 0) is 48.9 Å². The second-order valence-electron chi connectivity index (χ2n) is 4.78. The molecular formula is C18H18O5. The Morgan fingerprint density at radius 3 is 2.30 bits per heavy atom. The Kier molecular flexibility index (Phi) is 5.74. The van der Waals surface area contributed by atoms with Crippen LogP contribution in [0.2, 0.25) is 0 Å². The normalized spacial score (nSPS) is 10.0. The first kappa shape index (κ1) is 16.5. The van der Waals surface area contributed by atoms with Gasteiger partial charge >= 0.3 is 11.9 Å². The third-order valence-corrected chi connectivity index (χ3v) is 3.04. The molecule has 0 aliphatic heterocycles. The van der Waals surface area contributed by atoms with Crippen LogP contribution in [0.5, 0.6) is 11.5 Å². The summed E-state index contributed by atoms with van der Waals surface area (Å²) in [5.74, 6) is -0.0000847. The second-order valence-corrected chi connectivity index (χ2v) is 4.78. The van der Waals surface area contributed by atoms with E-state index in [1.807, 2.05) is 6.92 Å². The molecule has 0 saturated carbocycles. The van der Waals surface area contributed by atoms with E-state index in [4.69, 9.17) is 14.2 Å². The molecule has 0 aliphatic carbocycles. The van der Waals surface area contributed by atoms with E-state index in [0.717, 1.165) is 6.42 Å². The number of methoxy groups -OCH3 is 1. The topological polar surface area (TPSA) is 61.8 Å². The summed E-state index contributed by atoms with van der Waals surface area (Å²) in [7, 11) is 1.55. The van der Waals surface area contributed by atoms with Crippen LogP contribution in [0.3, 0.4) is 0 Å². The lowest BCUT2D eigenvalue weighted by atomic mass is 10.2. The third-order valence-electron chi connectivity index (χ3n) is 3.04. The van der Waals surface area contributed by atoms with Gasteiger partial charge in [0.25, 0.3) is 0 Å². The van der Waals surface area contributed by atoms with E-state index in [1.165, 1.54) is 6.07 Å². The molecule has 0 fully saturated rings. The fourth-order valence-corrected chi connectivity index (χ4v) is 1.86. The molecule has 0 radical (unpaired) electrons. The summed E-state index contributed by atoms with van der Waals surface area (Å²) < 4.78 is 15.4. The highest BCUT2D eigenvalue weighted by Crippen LogP contribution is 2.17. The van der Waals surface area contributed by atoms with E-state index in [-0.39, 0.29) is 5.75 Å². The van der Waals surface area contributed by atoms with Crippen LogP contribution in [0.4, 0.5) is 0 Å². The zero-order chi connectivity index (χ0) is 16.7. The Hall–Kier alpha value is -2.82. The van der Waals surface area contributed by atoms with Gasteiger partial charge in [0.2, 0.25) is 0 Å². The van der Waals surface area contributed by atoms with Crippen molar-refractivity contribution in [2.75, 3.05) is 13.7 Å². The van der Waals surface area contributed by atoms with Crippen molar-refractivity contribution in [1.29, 1.82) is 0 Å². The molecule has 0 unspecified atom stereocenters. The number of esters is 2. The molecule has 0 aromatic heterocycles. The molecule has 0 bridgehead atoms. The van der Waals surface area contributed by atoms with Gasteiger partial charge in [-0.3, -0.25) is 0 Å². The Bertz CT molecular complexity index is 676. The van der Waals surface area contributed by atoms with Gasteiger partial charge in [-0.15, -0.1) is 0 Å². The number of benzene rings is 2. The van der Waals surface area contributed by atoms with Crippen LogP contribution in [-0.2, 0) is 4.74 Å². The van der Waals surface area contributed by atoms with Gasteiger partial charge in [0.15, 0.2) is 0 Å².